The van der Waals surface area contributed by atoms with Gasteiger partial charge in [0, 0.05) is 63.7 Å². The van der Waals surface area contributed by atoms with Crippen LogP contribution in [0.5, 0.6) is 0 Å². The number of imidazole rings is 2. The number of H-pyrrole nitrogens is 2. The summed E-state index contributed by atoms with van der Waals surface area (Å²) in [6, 6.07) is 14.2. The van der Waals surface area contributed by atoms with Crippen molar-refractivity contribution in [2.45, 2.75) is 90.9 Å². The topological polar surface area (TPSA) is 197 Å². The van der Waals surface area contributed by atoms with Gasteiger partial charge in [-0.2, -0.15) is 0 Å². The molecule has 4 N–H and O–H groups in total. The molecule has 0 saturated carbocycles. The molecule has 4 aromatic rings. The third kappa shape index (κ3) is 8.91. The molecule has 5 heterocycles. The van der Waals surface area contributed by atoms with Crippen molar-refractivity contribution in [1.29, 1.82) is 0 Å². The van der Waals surface area contributed by atoms with Crippen molar-refractivity contribution in [3.63, 3.8) is 0 Å². The molecule has 5 amide bonds. The van der Waals surface area contributed by atoms with Gasteiger partial charge < -0.3 is 39.8 Å². The van der Waals surface area contributed by atoms with E-state index < -0.39 is 24.3 Å². The van der Waals surface area contributed by atoms with Crippen molar-refractivity contribution in [1.82, 2.24) is 44.9 Å². The molecule has 3 saturated heterocycles. The smallest absolute Gasteiger partial charge is 0.407 e. The molecule has 0 bridgehead atoms. The van der Waals surface area contributed by atoms with Gasteiger partial charge in [0.25, 0.3) is 0 Å². The van der Waals surface area contributed by atoms with E-state index in [1.165, 1.54) is 14.2 Å². The standard InChI is InChI=1S/C46H59N9O7/c1-27(2)38(51-44(59)62-7)42(57)55-26-46(18-21-53(22-19-46)29(5)56)23-37(55)41-48-25-35(50-41)33-16-12-31(13-17-33)30-10-14-32(15-11-30)34-24-47-40(49-34)36-9-8-20-54(36)43(58)39(28(3)4)52(6)45(60)61/h10-17,24-25,27-28,36-39H,8-9,18-23,26H2,1-7H3,(H,47,49)(H,48,50)(H,51,59)(H,60,61)/t36-,37?,38-,39-/m0/s1. The molecule has 16 heteroatoms. The number of carbonyl (C=O) groups excluding carboxylic acids is 4. The van der Waals surface area contributed by atoms with Crippen molar-refractivity contribution in [3.05, 3.63) is 72.6 Å². The summed E-state index contributed by atoms with van der Waals surface area (Å²) in [7, 11) is 2.73. The van der Waals surface area contributed by atoms with Gasteiger partial charge in [0.05, 0.1) is 30.6 Å². The van der Waals surface area contributed by atoms with Crippen LogP contribution < -0.4 is 5.32 Å². The largest absolute Gasteiger partial charge is 0.465 e. The number of nitrogens with one attached hydrogen (secondary N) is 3. The molecule has 2 aromatic heterocycles. The van der Waals surface area contributed by atoms with Crippen molar-refractivity contribution in [3.8, 4) is 33.6 Å². The Morgan fingerprint density at radius 1 is 0.790 bits per heavy atom. The van der Waals surface area contributed by atoms with Gasteiger partial charge in [0.1, 0.15) is 23.7 Å². The predicted octanol–water partition coefficient (Wildman–Crippen LogP) is 6.71. The number of rotatable bonds is 11. The fraction of sp³-hybridized carbons (Fsp3) is 0.500. The second kappa shape index (κ2) is 18.0. The van der Waals surface area contributed by atoms with Gasteiger partial charge in [-0.15, -0.1) is 0 Å². The third-order valence-corrected chi connectivity index (χ3v) is 13.1. The lowest BCUT2D eigenvalue weighted by Gasteiger charge is -2.39. The number of alkyl carbamates (subject to hydrolysis) is 1. The first kappa shape index (κ1) is 43.9. The van der Waals surface area contributed by atoms with E-state index in [-0.39, 0.29) is 47.1 Å². The van der Waals surface area contributed by atoms with Crippen LogP contribution in [-0.2, 0) is 19.1 Å². The Bertz CT molecular complexity index is 2260. The van der Waals surface area contributed by atoms with Gasteiger partial charge in [-0.1, -0.05) is 76.2 Å². The van der Waals surface area contributed by atoms with Gasteiger partial charge in [-0.25, -0.2) is 19.6 Å². The van der Waals surface area contributed by atoms with E-state index in [4.69, 9.17) is 14.7 Å². The highest BCUT2D eigenvalue weighted by Gasteiger charge is 2.50. The number of likely N-dealkylation sites (N-methyl/N-ethyl adjacent to an activating group) is 1. The molecular formula is C46H59N9O7. The Labute approximate surface area is 362 Å². The number of carbonyl (C=O) groups is 5. The van der Waals surface area contributed by atoms with Gasteiger partial charge in [-0.3, -0.25) is 19.3 Å². The highest BCUT2D eigenvalue weighted by molar-refractivity contribution is 5.87. The second-order valence-electron chi connectivity index (χ2n) is 17.8. The van der Waals surface area contributed by atoms with Crippen LogP contribution >= 0.6 is 0 Å². The summed E-state index contributed by atoms with van der Waals surface area (Å²) < 4.78 is 4.85. The molecule has 0 radical (unpaired) electrons. The highest BCUT2D eigenvalue weighted by atomic mass is 16.5. The molecule has 4 atom stereocenters. The Hall–Kier alpha value is -6.19. The Balaban J connectivity index is 1.05. The maximum Gasteiger partial charge on any atom is 0.407 e. The number of aromatic nitrogens is 4. The predicted molar refractivity (Wildman–Crippen MR) is 232 cm³/mol. The lowest BCUT2D eigenvalue weighted by molar-refractivity contribution is -0.138. The van der Waals surface area contributed by atoms with E-state index in [0.717, 1.165) is 64.2 Å². The van der Waals surface area contributed by atoms with Crippen LogP contribution in [0.15, 0.2) is 60.9 Å². The summed E-state index contributed by atoms with van der Waals surface area (Å²) >= 11 is 0. The SMILES string of the molecule is COC(=O)N[C@H](C(=O)N1CC2(CCN(C(C)=O)CC2)CC1c1nc(-c2ccc(-c3ccc(-c4c[nH]c([C@@H]5CCCN5C(=O)[C@H](C(C)C)N(C)C(=O)O)n4)cc3)cc2)c[nH]1)C(C)C. The van der Waals surface area contributed by atoms with Crippen molar-refractivity contribution in [2.24, 2.45) is 17.3 Å². The van der Waals surface area contributed by atoms with Crippen LogP contribution in [0.3, 0.4) is 0 Å². The monoisotopic (exact) mass is 849 g/mol. The van der Waals surface area contributed by atoms with E-state index in [1.807, 2.05) is 86.3 Å². The summed E-state index contributed by atoms with van der Waals surface area (Å²) in [5, 5.41) is 12.4. The van der Waals surface area contributed by atoms with E-state index in [9.17, 15) is 29.1 Å². The molecular weight excluding hydrogens is 791 g/mol. The van der Waals surface area contributed by atoms with Crippen LogP contribution in [0.2, 0.25) is 0 Å². The van der Waals surface area contributed by atoms with Crippen molar-refractivity contribution >= 4 is 29.9 Å². The minimum absolute atomic E-state index is 0.0561. The molecule has 62 heavy (non-hydrogen) atoms. The number of hydrogen-bond donors (Lipinski definition) is 4. The number of piperidine rings is 1. The fourth-order valence-electron chi connectivity index (χ4n) is 9.55. The number of benzene rings is 2. The minimum atomic E-state index is -1.13. The molecule has 2 aromatic carbocycles. The summed E-state index contributed by atoms with van der Waals surface area (Å²) in [5.41, 5.74) is 5.21. The van der Waals surface area contributed by atoms with Crippen LogP contribution in [0, 0.1) is 17.3 Å². The number of amides is 5. The Morgan fingerprint density at radius 2 is 1.32 bits per heavy atom. The molecule has 330 valence electrons. The molecule has 3 fully saturated rings. The van der Waals surface area contributed by atoms with Crippen LogP contribution in [-0.4, -0.2) is 127 Å². The van der Waals surface area contributed by atoms with Crippen LogP contribution in [0.25, 0.3) is 33.6 Å². The van der Waals surface area contributed by atoms with E-state index in [1.54, 1.807) is 11.8 Å². The Kier molecular flexibility index (Phi) is 12.8. The van der Waals surface area contributed by atoms with Gasteiger partial charge in [0.15, 0.2) is 0 Å². The third-order valence-electron chi connectivity index (χ3n) is 13.1. The summed E-state index contributed by atoms with van der Waals surface area (Å²) in [4.78, 5) is 87.3. The number of methoxy groups -OCH3 is 1. The van der Waals surface area contributed by atoms with E-state index in [0.29, 0.717) is 44.2 Å². The summed E-state index contributed by atoms with van der Waals surface area (Å²) in [6.45, 7) is 11.4. The maximum atomic E-state index is 14.3. The Morgan fingerprint density at radius 3 is 1.81 bits per heavy atom. The molecule has 1 spiro atoms. The summed E-state index contributed by atoms with van der Waals surface area (Å²) in [5.74, 6) is 0.673. The van der Waals surface area contributed by atoms with Crippen molar-refractivity contribution in [2.75, 3.05) is 40.3 Å². The van der Waals surface area contributed by atoms with E-state index >= 15 is 0 Å². The highest BCUT2D eigenvalue weighted by Crippen LogP contribution is 2.49. The zero-order chi connectivity index (χ0) is 44.5. The van der Waals surface area contributed by atoms with E-state index in [2.05, 4.69) is 27.4 Å². The molecule has 3 aliphatic rings. The lowest BCUT2D eigenvalue weighted by Crippen LogP contribution is -2.52. The minimum Gasteiger partial charge on any atom is -0.465 e. The van der Waals surface area contributed by atoms with Crippen molar-refractivity contribution < 1.29 is 33.8 Å². The van der Waals surface area contributed by atoms with Gasteiger partial charge >= 0.3 is 12.2 Å². The quantitative estimate of drug-likeness (QED) is 0.127. The first-order chi connectivity index (χ1) is 29.6. The average molecular weight is 850 g/mol. The zero-order valence-corrected chi connectivity index (χ0v) is 36.7. The number of likely N-dealkylation sites (tertiary alicyclic amines) is 3. The molecule has 0 aliphatic carbocycles. The number of ether oxygens (including phenoxy) is 1. The zero-order valence-electron chi connectivity index (χ0n) is 36.7. The first-order valence-corrected chi connectivity index (χ1v) is 21.6. The number of hydrogen-bond acceptors (Lipinski definition) is 8. The normalized spacial score (nSPS) is 19.5. The second-order valence-corrected chi connectivity index (χ2v) is 17.8. The molecule has 3 aliphatic heterocycles. The maximum absolute atomic E-state index is 14.3. The summed E-state index contributed by atoms with van der Waals surface area (Å²) in [6.07, 6.45) is 5.73. The number of nitrogens with zero attached hydrogens (tertiary/aromatic N) is 6. The number of aromatic amines is 2. The van der Waals surface area contributed by atoms with Crippen LogP contribution in [0.1, 0.15) is 90.5 Å². The first-order valence-electron chi connectivity index (χ1n) is 21.6. The fourth-order valence-corrected chi connectivity index (χ4v) is 9.55. The van der Waals surface area contributed by atoms with Gasteiger partial charge in [-0.05, 0) is 60.5 Å². The lowest BCUT2D eigenvalue weighted by atomic mass is 9.76. The van der Waals surface area contributed by atoms with Crippen LogP contribution in [0.4, 0.5) is 9.59 Å². The molecule has 16 nitrogen and oxygen atoms in total. The molecule has 7 rings (SSSR count). The average Bonchev–Trinajstić information content (AvgIpc) is 4.09. The van der Waals surface area contributed by atoms with Gasteiger partial charge in [0.2, 0.25) is 17.7 Å². The molecule has 1 unspecified atom stereocenters. The number of carboxylic acid groups (broad SMARTS) is 1.